The van der Waals surface area contributed by atoms with E-state index in [2.05, 4.69) is 4.98 Å². The first-order valence-corrected chi connectivity index (χ1v) is 6.61. The van der Waals surface area contributed by atoms with Crippen molar-refractivity contribution in [2.24, 2.45) is 0 Å². The highest BCUT2D eigenvalue weighted by atomic mass is 16.5. The molecular formula is C15H17N3O4. The van der Waals surface area contributed by atoms with Crippen molar-refractivity contribution < 1.29 is 19.9 Å². The molecule has 1 heterocycles. The number of rotatable bonds is 2. The van der Waals surface area contributed by atoms with Crippen molar-refractivity contribution in [1.29, 1.82) is 0 Å². The summed E-state index contributed by atoms with van der Waals surface area (Å²) in [5.41, 5.74) is 2.21. The summed E-state index contributed by atoms with van der Waals surface area (Å²) in [6, 6.07) is 6.55. The second kappa shape index (κ2) is 5.61. The number of anilines is 1. The number of benzene rings is 1. The largest absolute Gasteiger partial charge is 0.465 e. The van der Waals surface area contributed by atoms with E-state index in [0.717, 1.165) is 0 Å². The quantitative estimate of drug-likeness (QED) is 0.584. The van der Waals surface area contributed by atoms with E-state index in [1.165, 1.54) is 11.1 Å². The van der Waals surface area contributed by atoms with Gasteiger partial charge in [-0.15, -0.1) is 0 Å². The van der Waals surface area contributed by atoms with Gasteiger partial charge in [-0.1, -0.05) is 0 Å². The number of pyridine rings is 1. The molecule has 0 saturated heterocycles. The van der Waals surface area contributed by atoms with Crippen LogP contribution in [0, 0.1) is 0 Å². The molecule has 0 saturated carbocycles. The number of fused-ring (bicyclic) bond motifs is 1. The molecule has 116 valence electrons. The summed E-state index contributed by atoms with van der Waals surface area (Å²) in [5, 5.41) is 18.7. The summed E-state index contributed by atoms with van der Waals surface area (Å²) in [4.78, 5) is 28.3. The number of aromatic nitrogens is 1. The summed E-state index contributed by atoms with van der Waals surface area (Å²) >= 11 is 0. The Morgan fingerprint density at radius 2 is 1.91 bits per heavy atom. The number of amides is 2. The van der Waals surface area contributed by atoms with Crippen LogP contribution in [0.5, 0.6) is 0 Å². The van der Waals surface area contributed by atoms with Crippen LogP contribution in [0.1, 0.15) is 31.1 Å². The van der Waals surface area contributed by atoms with Crippen LogP contribution in [0.25, 0.3) is 10.9 Å². The summed E-state index contributed by atoms with van der Waals surface area (Å²) in [7, 11) is 0. The van der Waals surface area contributed by atoms with Gasteiger partial charge in [-0.25, -0.2) is 10.3 Å². The highest BCUT2D eigenvalue weighted by Gasteiger charge is 2.27. The zero-order valence-electron chi connectivity index (χ0n) is 12.5. The van der Waals surface area contributed by atoms with Gasteiger partial charge >= 0.3 is 6.09 Å². The molecule has 22 heavy (non-hydrogen) atoms. The second-order valence-corrected chi connectivity index (χ2v) is 5.83. The van der Waals surface area contributed by atoms with Gasteiger partial charge in [0.05, 0.1) is 11.1 Å². The van der Waals surface area contributed by atoms with E-state index in [0.29, 0.717) is 16.6 Å². The Labute approximate surface area is 127 Å². The number of hydrogen-bond acceptors (Lipinski definition) is 4. The second-order valence-electron chi connectivity index (χ2n) is 5.83. The number of hydrogen-bond donors (Lipinski definition) is 3. The van der Waals surface area contributed by atoms with Crippen molar-refractivity contribution in [3.05, 3.63) is 36.0 Å². The molecule has 2 rings (SSSR count). The minimum absolute atomic E-state index is 0.185. The van der Waals surface area contributed by atoms with Crippen molar-refractivity contribution in [3.63, 3.8) is 0 Å². The fourth-order valence-corrected chi connectivity index (χ4v) is 2.23. The Hall–Kier alpha value is -2.67. The molecule has 1 aromatic carbocycles. The van der Waals surface area contributed by atoms with Crippen molar-refractivity contribution >= 4 is 28.6 Å². The average molecular weight is 303 g/mol. The van der Waals surface area contributed by atoms with Crippen molar-refractivity contribution in [3.8, 4) is 0 Å². The Kier molecular flexibility index (Phi) is 4.01. The zero-order chi connectivity index (χ0) is 16.5. The average Bonchev–Trinajstić information content (AvgIpc) is 2.43. The number of carboxylic acid groups (broad SMARTS) is 1. The Morgan fingerprint density at radius 1 is 1.23 bits per heavy atom. The molecule has 3 N–H and O–H groups in total. The van der Waals surface area contributed by atoms with E-state index in [1.807, 2.05) is 0 Å². The number of nitrogens with one attached hydrogen (secondary N) is 1. The van der Waals surface area contributed by atoms with E-state index in [1.54, 1.807) is 50.5 Å². The molecule has 0 aliphatic rings. The zero-order valence-corrected chi connectivity index (χ0v) is 12.5. The summed E-state index contributed by atoms with van der Waals surface area (Å²) in [6.07, 6.45) is 0.274. The summed E-state index contributed by atoms with van der Waals surface area (Å²) in [5.74, 6) is -0.675. The first-order chi connectivity index (χ1) is 10.2. The molecule has 0 bridgehead atoms. The van der Waals surface area contributed by atoms with Crippen LogP contribution in [0.4, 0.5) is 10.5 Å². The monoisotopic (exact) mass is 303 g/mol. The Balaban J connectivity index is 2.57. The predicted molar refractivity (Wildman–Crippen MR) is 81.3 cm³/mol. The smallest absolute Gasteiger partial charge is 0.412 e. The van der Waals surface area contributed by atoms with Gasteiger partial charge in [-0.05, 0) is 45.0 Å². The van der Waals surface area contributed by atoms with Gasteiger partial charge in [0.15, 0.2) is 0 Å². The lowest BCUT2D eigenvalue weighted by Gasteiger charge is -2.33. The predicted octanol–water partition coefficient (Wildman–Crippen LogP) is 2.64. The topological polar surface area (TPSA) is 103 Å². The van der Waals surface area contributed by atoms with E-state index >= 15 is 0 Å². The highest BCUT2D eigenvalue weighted by molar-refractivity contribution is 5.98. The van der Waals surface area contributed by atoms with Gasteiger partial charge in [-0.2, -0.15) is 0 Å². The molecule has 2 aromatic rings. The molecule has 0 spiro atoms. The molecule has 0 atom stereocenters. The maximum absolute atomic E-state index is 11.5. The Morgan fingerprint density at radius 3 is 2.45 bits per heavy atom. The van der Waals surface area contributed by atoms with Gasteiger partial charge in [0.1, 0.15) is 0 Å². The van der Waals surface area contributed by atoms with E-state index < -0.39 is 17.5 Å². The highest BCUT2D eigenvalue weighted by Crippen LogP contribution is 2.27. The summed E-state index contributed by atoms with van der Waals surface area (Å²) < 4.78 is 0. The minimum Gasteiger partial charge on any atom is -0.465 e. The molecule has 7 nitrogen and oxygen atoms in total. The first-order valence-electron chi connectivity index (χ1n) is 6.61. The molecular weight excluding hydrogens is 286 g/mol. The van der Waals surface area contributed by atoms with Crippen LogP contribution in [-0.2, 0) is 0 Å². The molecule has 7 heteroatoms. The molecule has 1 aromatic heterocycles. The van der Waals surface area contributed by atoms with E-state index in [-0.39, 0.29) is 5.56 Å². The van der Waals surface area contributed by atoms with Gasteiger partial charge in [0.2, 0.25) is 0 Å². The van der Waals surface area contributed by atoms with Gasteiger partial charge in [-0.3, -0.25) is 19.9 Å². The lowest BCUT2D eigenvalue weighted by Crippen LogP contribution is -2.45. The normalized spacial score (nSPS) is 11.3. The number of nitrogens with zero attached hydrogens (tertiary/aromatic N) is 2. The molecule has 0 unspecified atom stereocenters. The van der Waals surface area contributed by atoms with Crippen LogP contribution in [0.15, 0.2) is 30.5 Å². The fourth-order valence-electron chi connectivity index (χ4n) is 2.23. The van der Waals surface area contributed by atoms with Gasteiger partial charge in [0, 0.05) is 22.8 Å². The van der Waals surface area contributed by atoms with Crippen LogP contribution >= 0.6 is 0 Å². The minimum atomic E-state index is -1.07. The third kappa shape index (κ3) is 2.99. The van der Waals surface area contributed by atoms with Crippen LogP contribution in [-0.4, -0.2) is 32.8 Å². The lowest BCUT2D eigenvalue weighted by molar-refractivity contribution is 0.0706. The molecule has 0 aliphatic carbocycles. The van der Waals surface area contributed by atoms with E-state index in [4.69, 9.17) is 5.21 Å². The van der Waals surface area contributed by atoms with Crippen LogP contribution in [0.3, 0.4) is 0 Å². The van der Waals surface area contributed by atoms with Gasteiger partial charge in [0.25, 0.3) is 5.91 Å². The first kappa shape index (κ1) is 15.7. The number of carbonyl (C=O) groups is 2. The SMILES string of the molecule is CC(C)(C)N(C(=O)O)c1ccc2ncc(C(=O)NO)cc2c1. The molecule has 0 fully saturated rings. The van der Waals surface area contributed by atoms with Crippen LogP contribution in [0.2, 0.25) is 0 Å². The Bertz CT molecular complexity index is 737. The van der Waals surface area contributed by atoms with Crippen molar-refractivity contribution in [2.75, 3.05) is 4.90 Å². The van der Waals surface area contributed by atoms with E-state index in [9.17, 15) is 14.7 Å². The van der Waals surface area contributed by atoms with Crippen molar-refractivity contribution in [2.45, 2.75) is 26.3 Å². The molecule has 2 amide bonds. The van der Waals surface area contributed by atoms with Crippen LogP contribution < -0.4 is 10.4 Å². The van der Waals surface area contributed by atoms with Crippen molar-refractivity contribution in [1.82, 2.24) is 10.5 Å². The maximum atomic E-state index is 11.5. The third-order valence-electron chi connectivity index (χ3n) is 3.15. The fraction of sp³-hybridized carbons (Fsp3) is 0.267. The molecule has 0 aliphatic heterocycles. The number of carbonyl (C=O) groups excluding carboxylic acids is 1. The lowest BCUT2D eigenvalue weighted by atomic mass is 10.0. The van der Waals surface area contributed by atoms with Gasteiger partial charge < -0.3 is 5.11 Å². The maximum Gasteiger partial charge on any atom is 0.412 e. The summed E-state index contributed by atoms with van der Waals surface area (Å²) in [6.45, 7) is 5.37. The standard InChI is InChI=1S/C15H17N3O4/c1-15(2,3)18(14(20)21)11-4-5-12-9(7-11)6-10(8-16-12)13(19)17-22/h4-8,22H,1-3H3,(H,17,19)(H,20,21). The number of hydroxylamine groups is 1. The molecule has 0 radical (unpaired) electrons. The third-order valence-corrected chi connectivity index (χ3v) is 3.15.